The van der Waals surface area contributed by atoms with E-state index in [4.69, 9.17) is 9.30 Å². The number of rotatable bonds is 4. The fraction of sp³-hybridized carbons (Fsp3) is 1.00. The molecule has 2 nitrogen and oxygen atoms in total. The third kappa shape index (κ3) is 44.9. The molecule has 0 atom stereocenters. The van der Waals surface area contributed by atoms with Gasteiger partial charge in [0.05, 0.1) is 0 Å². The van der Waals surface area contributed by atoms with Gasteiger partial charge in [-0.2, -0.15) is 0 Å². The zero-order valence-electron chi connectivity index (χ0n) is 16.2. The molecular weight excluding hydrogens is 447 g/mol. The van der Waals surface area contributed by atoms with Gasteiger partial charge in [0.25, 0.3) is 0 Å². The van der Waals surface area contributed by atoms with Crippen molar-refractivity contribution in [1.29, 1.82) is 0 Å². The average molecular weight is 483 g/mol. The molecule has 0 saturated heterocycles. The Labute approximate surface area is 170 Å². The minimum atomic E-state index is -1.11. The zero-order chi connectivity index (χ0) is 15.4. The summed E-state index contributed by atoms with van der Waals surface area (Å²) in [7, 11) is -4.42. The second-order valence-corrected chi connectivity index (χ2v) is 28.1. The van der Waals surface area contributed by atoms with Gasteiger partial charge in [-0.15, -0.1) is 0 Å². The molecule has 0 bridgehead atoms. The Morgan fingerprint density at radius 1 is 0.381 bits per heavy atom. The first-order chi connectivity index (χ1) is 7.41. The average Bonchev–Trinajstić information content (AvgIpc) is 1.64. The Kier molecular flexibility index (Phi) is 20.7. The van der Waals surface area contributed by atoms with Crippen molar-refractivity contribution in [2.45, 2.75) is 78.6 Å². The van der Waals surface area contributed by atoms with Crippen LogP contribution in [0.3, 0.4) is 0 Å². The molecule has 0 aromatic rings. The van der Waals surface area contributed by atoms with Crippen molar-refractivity contribution in [1.82, 2.24) is 0 Å². The molecule has 0 aliphatic carbocycles. The van der Waals surface area contributed by atoms with Crippen LogP contribution < -0.4 is 24.8 Å². The first-order valence-corrected chi connectivity index (χ1v) is 20.7. The van der Waals surface area contributed by atoms with Crippen LogP contribution in [0.4, 0.5) is 0 Å². The summed E-state index contributed by atoms with van der Waals surface area (Å²) in [6, 6.07) is 0. The molecule has 0 spiro atoms. The number of hydrogen-bond donors (Lipinski definition) is 0. The van der Waals surface area contributed by atoms with Crippen LogP contribution in [0.15, 0.2) is 0 Å². The van der Waals surface area contributed by atoms with Gasteiger partial charge in [0.2, 0.25) is 0 Å². The Morgan fingerprint density at radius 3 is 0.476 bits per heavy atom. The maximum absolute atomic E-state index is 4.82. The van der Waals surface area contributed by atoms with E-state index in [9.17, 15) is 0 Å². The molecule has 9 heteroatoms. The van der Waals surface area contributed by atoms with Crippen molar-refractivity contribution in [3.63, 3.8) is 0 Å². The summed E-state index contributed by atoms with van der Waals surface area (Å²) in [5.74, 6) is 0. The Morgan fingerprint density at radius 2 is 0.476 bits per heavy atom. The van der Waals surface area contributed by atoms with Crippen LogP contribution in [0.25, 0.3) is 9.30 Å². The van der Waals surface area contributed by atoms with Crippen molar-refractivity contribution in [3.8, 4) is 0 Å². The van der Waals surface area contributed by atoms with E-state index in [2.05, 4.69) is 78.6 Å². The van der Waals surface area contributed by atoms with Gasteiger partial charge < -0.3 is 34.1 Å². The molecule has 0 aromatic carbocycles. The summed E-state index contributed by atoms with van der Waals surface area (Å²) < 4.78 is 9.64. The van der Waals surface area contributed by atoms with E-state index in [-0.39, 0.29) is 51.0 Å². The molecule has 21 heavy (non-hydrogen) atoms. The number of nitrogens with zero attached hydrogens (tertiary/aromatic N) is 2. The van der Waals surface area contributed by atoms with Gasteiger partial charge in [-0.05, 0) is 0 Å². The topological polar surface area (TPSA) is 28.2 Å². The largest absolute Gasteiger partial charge is 2.00 e. The SMILES string of the molecule is C[Si](C)(C)[N-][Si](C)(C)C.C[Si](C)(C)[N-][Si](C)(C)C.[Cl-].[Cl-].[Zr+2]. The van der Waals surface area contributed by atoms with Crippen LogP contribution in [0.5, 0.6) is 0 Å². The fourth-order valence-corrected chi connectivity index (χ4v) is 18.1. The minimum absolute atomic E-state index is 0. The molecule has 0 aromatic heterocycles. The summed E-state index contributed by atoms with van der Waals surface area (Å²) in [5, 5.41) is 0. The molecule has 130 valence electrons. The van der Waals surface area contributed by atoms with Gasteiger partial charge in [0, 0.05) is 0 Å². The predicted octanol–water partition coefficient (Wildman–Crippen LogP) is 0.0653. The molecule has 0 saturated carbocycles. The molecule has 0 unspecified atom stereocenters. The van der Waals surface area contributed by atoms with Crippen molar-refractivity contribution in [2.75, 3.05) is 0 Å². The first-order valence-electron chi connectivity index (χ1n) is 6.89. The van der Waals surface area contributed by atoms with Crippen LogP contribution >= 0.6 is 0 Å². The van der Waals surface area contributed by atoms with E-state index in [1.54, 1.807) is 0 Å². The normalized spacial score (nSPS) is 12.0. The molecule has 0 rings (SSSR count). The molecule has 0 heterocycles. The van der Waals surface area contributed by atoms with E-state index in [0.29, 0.717) is 0 Å². The molecule has 0 fully saturated rings. The van der Waals surface area contributed by atoms with Crippen LogP contribution in [0.1, 0.15) is 0 Å². The second kappa shape index (κ2) is 12.6. The van der Waals surface area contributed by atoms with Gasteiger partial charge in [-0.25, -0.2) is 0 Å². The summed E-state index contributed by atoms with van der Waals surface area (Å²) >= 11 is 0. The van der Waals surface area contributed by atoms with E-state index in [0.717, 1.165) is 0 Å². The first kappa shape index (κ1) is 34.6. The van der Waals surface area contributed by atoms with Gasteiger partial charge in [-0.3, -0.25) is 0 Å². The van der Waals surface area contributed by atoms with Gasteiger partial charge in [0.15, 0.2) is 0 Å². The Hall–Kier alpha value is 2.25. The van der Waals surface area contributed by atoms with Gasteiger partial charge in [0.1, 0.15) is 0 Å². The van der Waals surface area contributed by atoms with Crippen LogP contribution in [0.2, 0.25) is 78.6 Å². The van der Waals surface area contributed by atoms with Crippen molar-refractivity contribution in [3.05, 3.63) is 9.30 Å². The Bertz CT molecular complexity index is 194. The maximum Gasteiger partial charge on any atom is 2.00 e. The van der Waals surface area contributed by atoms with Crippen molar-refractivity contribution >= 4 is 32.9 Å². The summed E-state index contributed by atoms with van der Waals surface area (Å²) in [6.07, 6.45) is 0. The zero-order valence-corrected chi connectivity index (χ0v) is 24.1. The van der Waals surface area contributed by atoms with Crippen molar-refractivity contribution in [2.24, 2.45) is 0 Å². The molecule has 0 N–H and O–H groups in total. The molecular formula is C12H36Cl2N2Si4Zr-2. The molecule has 0 radical (unpaired) electrons. The van der Waals surface area contributed by atoms with Crippen LogP contribution in [0, 0.1) is 0 Å². The Balaban J connectivity index is -0.0000000711. The standard InChI is InChI=1S/2C6H18NSi2.2ClH.Zr/c2*1-8(2,3)7-9(4,5)6;;;/h2*1-6H3;2*1H;/q2*-1;;;+2/p-2. The van der Waals surface area contributed by atoms with E-state index in [1.165, 1.54) is 0 Å². The van der Waals surface area contributed by atoms with Gasteiger partial charge >= 0.3 is 26.2 Å². The molecule has 0 aliphatic heterocycles. The predicted molar refractivity (Wildman–Crippen MR) is 100 cm³/mol. The van der Waals surface area contributed by atoms with E-state index < -0.39 is 32.9 Å². The second-order valence-electron chi connectivity index (χ2n) is 8.91. The van der Waals surface area contributed by atoms with Crippen molar-refractivity contribution < 1.29 is 51.0 Å². The smallest absolute Gasteiger partial charge is 1.00 e. The third-order valence-corrected chi connectivity index (χ3v) is 12.1. The molecule has 0 aliphatic rings. The quantitative estimate of drug-likeness (QED) is 0.507. The van der Waals surface area contributed by atoms with E-state index in [1.807, 2.05) is 0 Å². The summed E-state index contributed by atoms with van der Waals surface area (Å²) in [4.78, 5) is 0. The van der Waals surface area contributed by atoms with Crippen LogP contribution in [-0.4, -0.2) is 32.9 Å². The summed E-state index contributed by atoms with van der Waals surface area (Å²) in [5.41, 5.74) is 0. The van der Waals surface area contributed by atoms with Crippen LogP contribution in [-0.2, 0) is 26.2 Å². The fourth-order valence-electron chi connectivity index (χ4n) is 2.01. The summed E-state index contributed by atoms with van der Waals surface area (Å²) in [6.45, 7) is 27.6. The monoisotopic (exact) mass is 480 g/mol. The number of halogens is 2. The third-order valence-electron chi connectivity index (χ3n) is 1.34. The van der Waals surface area contributed by atoms with E-state index >= 15 is 0 Å². The maximum atomic E-state index is 4.82. The minimum Gasteiger partial charge on any atom is -1.00 e. The number of hydrogen-bond acceptors (Lipinski definition) is 0. The van der Waals surface area contributed by atoms with Gasteiger partial charge in [-0.1, -0.05) is 112 Å². The molecule has 0 amide bonds.